The number of primary amides is 1. The van der Waals surface area contributed by atoms with Crippen LogP contribution in [0.2, 0.25) is 0 Å². The van der Waals surface area contributed by atoms with Crippen molar-refractivity contribution in [2.45, 2.75) is 131 Å². The fourth-order valence-corrected chi connectivity index (χ4v) is 6.15. The van der Waals surface area contributed by atoms with Crippen molar-refractivity contribution >= 4 is 17.9 Å². The van der Waals surface area contributed by atoms with E-state index in [-0.39, 0.29) is 29.7 Å². The smallest absolute Gasteiger partial charge is 0.412 e. The number of benzene rings is 1. The maximum Gasteiger partial charge on any atom is 0.412 e. The van der Waals surface area contributed by atoms with Gasteiger partial charge in [-0.1, -0.05) is 33.8 Å². The number of amides is 3. The lowest BCUT2D eigenvalue weighted by Crippen LogP contribution is -2.55. The molecule has 0 aromatic heterocycles. The van der Waals surface area contributed by atoms with Crippen molar-refractivity contribution < 1.29 is 38.1 Å². The number of nitrogens with zero attached hydrogens (tertiary/aromatic N) is 1. The fraction of sp³-hybridized carbons (Fsp3) is 0.757. The summed E-state index contributed by atoms with van der Waals surface area (Å²) in [4.78, 5) is 41.3. The number of methoxy groups -OCH3 is 2. The standard InChI is InChI=1S/C37H63N3O8/c1-23(2)26(19-25-15-16-29(45-13)31(20-25)46-18-14-17-44-12)21-28-30(47-37(10,11)40(28)34(43)48-35(5,6)7)22-27(24(3)4)32(41)39-36(8,9)33(38)42/h15-16,20,23-24,26-28,30H,14,17-19,21-22H2,1-13H3,(H2,38,42)(H,39,41)/t26-,27+,28?,30?/m1/s1. The lowest BCUT2D eigenvalue weighted by atomic mass is 9.80. The molecule has 11 nitrogen and oxygen atoms in total. The molecule has 4 atom stereocenters. The summed E-state index contributed by atoms with van der Waals surface area (Å²) in [6.45, 7) is 21.9. The Kier molecular flexibility index (Phi) is 14.6. The third-order valence-corrected chi connectivity index (χ3v) is 9.01. The summed E-state index contributed by atoms with van der Waals surface area (Å²) in [5.74, 6) is 0.266. The first kappa shape index (κ1) is 41.1. The van der Waals surface area contributed by atoms with Crippen LogP contribution in [0.1, 0.15) is 101 Å². The summed E-state index contributed by atoms with van der Waals surface area (Å²) in [6, 6.07) is 5.62. The largest absolute Gasteiger partial charge is 0.493 e. The predicted octanol–water partition coefficient (Wildman–Crippen LogP) is 6.10. The van der Waals surface area contributed by atoms with E-state index in [2.05, 4.69) is 19.2 Å². The highest BCUT2D eigenvalue weighted by Crippen LogP contribution is 2.42. The van der Waals surface area contributed by atoms with Crippen LogP contribution in [0.4, 0.5) is 4.79 Å². The van der Waals surface area contributed by atoms with Crippen molar-refractivity contribution in [3.63, 3.8) is 0 Å². The summed E-state index contributed by atoms with van der Waals surface area (Å²) in [5, 5.41) is 2.84. The molecule has 1 aromatic carbocycles. The predicted molar refractivity (Wildman–Crippen MR) is 187 cm³/mol. The van der Waals surface area contributed by atoms with Crippen molar-refractivity contribution in [3.05, 3.63) is 23.8 Å². The number of carbonyl (C=O) groups is 3. The van der Waals surface area contributed by atoms with Crippen molar-refractivity contribution in [1.82, 2.24) is 10.2 Å². The Morgan fingerprint density at radius 1 is 0.979 bits per heavy atom. The molecule has 1 aliphatic heterocycles. The molecule has 48 heavy (non-hydrogen) atoms. The van der Waals surface area contributed by atoms with Gasteiger partial charge in [-0.2, -0.15) is 0 Å². The van der Waals surface area contributed by atoms with Crippen LogP contribution in [0.3, 0.4) is 0 Å². The van der Waals surface area contributed by atoms with E-state index in [0.717, 1.165) is 18.4 Å². The van der Waals surface area contributed by atoms with Gasteiger partial charge in [0.2, 0.25) is 11.8 Å². The first-order valence-electron chi connectivity index (χ1n) is 17.2. The molecule has 1 saturated heterocycles. The van der Waals surface area contributed by atoms with Crippen LogP contribution < -0.4 is 20.5 Å². The van der Waals surface area contributed by atoms with Gasteiger partial charge in [0.05, 0.1) is 25.9 Å². The molecule has 274 valence electrons. The highest BCUT2D eigenvalue weighted by atomic mass is 16.6. The van der Waals surface area contributed by atoms with E-state index in [0.29, 0.717) is 37.6 Å². The zero-order chi connectivity index (χ0) is 36.6. The van der Waals surface area contributed by atoms with Crippen LogP contribution in [-0.4, -0.2) is 79.3 Å². The summed E-state index contributed by atoms with van der Waals surface area (Å²) in [7, 11) is 3.29. The maximum atomic E-state index is 13.9. The van der Waals surface area contributed by atoms with Gasteiger partial charge in [0.15, 0.2) is 11.5 Å². The molecular formula is C37H63N3O8. The Morgan fingerprint density at radius 3 is 2.15 bits per heavy atom. The molecule has 0 radical (unpaired) electrons. The summed E-state index contributed by atoms with van der Waals surface area (Å²) in [5.41, 5.74) is 3.74. The van der Waals surface area contributed by atoms with Gasteiger partial charge in [-0.15, -0.1) is 0 Å². The van der Waals surface area contributed by atoms with Crippen molar-refractivity contribution in [2.75, 3.05) is 27.4 Å². The van der Waals surface area contributed by atoms with Gasteiger partial charge in [0, 0.05) is 26.1 Å². The van der Waals surface area contributed by atoms with Crippen molar-refractivity contribution in [3.8, 4) is 11.5 Å². The monoisotopic (exact) mass is 677 g/mol. The van der Waals surface area contributed by atoms with Crippen LogP contribution in [0, 0.1) is 23.7 Å². The van der Waals surface area contributed by atoms with Gasteiger partial charge in [-0.3, -0.25) is 14.5 Å². The van der Waals surface area contributed by atoms with Gasteiger partial charge < -0.3 is 34.7 Å². The Labute approximate surface area is 288 Å². The average molecular weight is 678 g/mol. The third kappa shape index (κ3) is 11.5. The number of hydrogen-bond donors (Lipinski definition) is 2. The third-order valence-electron chi connectivity index (χ3n) is 9.01. The molecule has 0 bridgehead atoms. The molecule has 1 heterocycles. The van der Waals surface area contributed by atoms with E-state index in [1.165, 1.54) is 0 Å². The Bertz CT molecular complexity index is 1220. The Morgan fingerprint density at radius 2 is 1.62 bits per heavy atom. The average Bonchev–Trinajstić information content (AvgIpc) is 3.20. The number of nitrogens with two attached hydrogens (primary N) is 1. The SMILES string of the molecule is COCCCOc1cc(C[C@H](CC2C(C[C@H](C(=O)NC(C)(C)C(N)=O)C(C)C)OC(C)(C)N2C(=O)OC(C)(C)C)C(C)C)ccc1OC. The molecule has 1 aromatic rings. The van der Waals surface area contributed by atoms with E-state index in [1.807, 2.05) is 66.7 Å². The topological polar surface area (TPSA) is 139 Å². The minimum Gasteiger partial charge on any atom is -0.493 e. The Hall–Kier alpha value is -3.05. The van der Waals surface area contributed by atoms with E-state index in [1.54, 1.807) is 33.0 Å². The van der Waals surface area contributed by atoms with Crippen LogP contribution in [0.5, 0.6) is 11.5 Å². The first-order valence-corrected chi connectivity index (χ1v) is 17.2. The lowest BCUT2D eigenvalue weighted by Gasteiger charge is -2.37. The number of rotatable bonds is 17. The van der Waals surface area contributed by atoms with Gasteiger partial charge >= 0.3 is 6.09 Å². The second-order valence-electron chi connectivity index (χ2n) is 15.7. The van der Waals surface area contributed by atoms with Gasteiger partial charge in [0.1, 0.15) is 16.9 Å². The number of ether oxygens (including phenoxy) is 5. The molecule has 3 amide bonds. The minimum absolute atomic E-state index is 0.0703. The molecule has 1 aliphatic rings. The van der Waals surface area contributed by atoms with Crippen LogP contribution in [-0.2, 0) is 30.2 Å². The van der Waals surface area contributed by atoms with Gasteiger partial charge in [-0.25, -0.2) is 4.79 Å². The van der Waals surface area contributed by atoms with E-state index in [4.69, 9.17) is 29.4 Å². The van der Waals surface area contributed by atoms with Crippen molar-refractivity contribution in [2.24, 2.45) is 29.4 Å². The van der Waals surface area contributed by atoms with Crippen LogP contribution in [0.25, 0.3) is 0 Å². The van der Waals surface area contributed by atoms with Crippen LogP contribution >= 0.6 is 0 Å². The molecule has 3 N–H and O–H groups in total. The van der Waals surface area contributed by atoms with E-state index < -0.39 is 40.9 Å². The Balaban J connectivity index is 2.49. The zero-order valence-corrected chi connectivity index (χ0v) is 31.7. The summed E-state index contributed by atoms with van der Waals surface area (Å²) in [6.07, 6.45) is 1.51. The summed E-state index contributed by atoms with van der Waals surface area (Å²) < 4.78 is 29.4. The summed E-state index contributed by atoms with van der Waals surface area (Å²) >= 11 is 0. The molecule has 2 rings (SSSR count). The fourth-order valence-electron chi connectivity index (χ4n) is 6.15. The van der Waals surface area contributed by atoms with Crippen molar-refractivity contribution in [1.29, 1.82) is 0 Å². The van der Waals surface area contributed by atoms with E-state index >= 15 is 0 Å². The molecule has 0 spiro atoms. The normalized spacial score (nSPS) is 19.3. The maximum absolute atomic E-state index is 13.9. The molecule has 0 saturated carbocycles. The molecule has 11 heteroatoms. The molecule has 2 unspecified atom stereocenters. The first-order chi connectivity index (χ1) is 22.1. The number of carbonyl (C=O) groups excluding carboxylic acids is 3. The van der Waals surface area contributed by atoms with Gasteiger partial charge in [-0.05, 0) is 103 Å². The molecular weight excluding hydrogens is 614 g/mol. The second kappa shape index (κ2) is 17.1. The molecule has 0 aliphatic carbocycles. The second-order valence-corrected chi connectivity index (χ2v) is 15.7. The number of hydrogen-bond acceptors (Lipinski definition) is 8. The lowest BCUT2D eigenvalue weighted by molar-refractivity contribution is -0.135. The highest BCUT2D eigenvalue weighted by Gasteiger charge is 2.52. The minimum atomic E-state index is -1.21. The zero-order valence-electron chi connectivity index (χ0n) is 31.7. The van der Waals surface area contributed by atoms with E-state index in [9.17, 15) is 14.4 Å². The quantitative estimate of drug-likeness (QED) is 0.189. The highest BCUT2D eigenvalue weighted by molar-refractivity contribution is 5.90. The van der Waals surface area contributed by atoms with Crippen LogP contribution in [0.15, 0.2) is 18.2 Å². The van der Waals surface area contributed by atoms with Gasteiger partial charge in [0.25, 0.3) is 0 Å². The number of nitrogens with one attached hydrogen (secondary N) is 1. The molecule has 1 fully saturated rings.